The summed E-state index contributed by atoms with van der Waals surface area (Å²) in [5, 5.41) is 17.6. The fraction of sp³-hybridized carbons (Fsp3) is 0.259. The lowest BCUT2D eigenvalue weighted by Crippen LogP contribution is -2.51. The van der Waals surface area contributed by atoms with E-state index in [-0.39, 0.29) is 0 Å². The quantitative estimate of drug-likeness (QED) is 0.313. The van der Waals surface area contributed by atoms with Crippen LogP contribution in [0, 0.1) is 19.3 Å². The Morgan fingerprint density at radius 2 is 2.00 bits per heavy atom. The van der Waals surface area contributed by atoms with Crippen LogP contribution >= 0.6 is 22.7 Å². The minimum atomic E-state index is 0.531. The molecule has 6 aromatic rings. The minimum absolute atomic E-state index is 0.531. The third-order valence-corrected chi connectivity index (χ3v) is 9.57. The molecule has 0 aliphatic carbocycles. The number of terminal acetylenes is 1. The van der Waals surface area contributed by atoms with Crippen LogP contribution in [-0.4, -0.2) is 50.3 Å². The molecule has 36 heavy (non-hydrogen) atoms. The van der Waals surface area contributed by atoms with Gasteiger partial charge in [-0.1, -0.05) is 5.92 Å². The molecule has 2 atom stereocenters. The number of aromatic amines is 1. The summed E-state index contributed by atoms with van der Waals surface area (Å²) in [5.74, 6) is 4.74. The molecule has 0 radical (unpaired) electrons. The molecule has 2 saturated heterocycles. The van der Waals surface area contributed by atoms with Crippen molar-refractivity contribution in [1.82, 2.24) is 30.5 Å². The summed E-state index contributed by atoms with van der Waals surface area (Å²) in [7, 11) is 0. The normalized spacial score (nSPS) is 19.7. The monoisotopic (exact) mass is 507 g/mol. The van der Waals surface area contributed by atoms with Crippen LogP contribution in [0.25, 0.3) is 52.5 Å². The van der Waals surface area contributed by atoms with Gasteiger partial charge in [0.1, 0.15) is 16.5 Å². The summed E-state index contributed by atoms with van der Waals surface area (Å²) in [5.41, 5.74) is 3.83. The number of hydrogen-bond donors (Lipinski definition) is 2. The second-order valence-corrected chi connectivity index (χ2v) is 11.6. The number of aromatic nitrogens is 5. The summed E-state index contributed by atoms with van der Waals surface area (Å²) < 4.78 is 2.23. The zero-order chi connectivity index (χ0) is 24.0. The summed E-state index contributed by atoms with van der Waals surface area (Å²) in [6.07, 6.45) is 12.2. The average molecular weight is 508 g/mol. The number of rotatable bonds is 2. The molecule has 2 fully saturated rings. The van der Waals surface area contributed by atoms with Gasteiger partial charge in [-0.25, -0.2) is 9.97 Å². The van der Waals surface area contributed by atoms with E-state index in [0.29, 0.717) is 12.1 Å². The van der Waals surface area contributed by atoms with Crippen LogP contribution in [0.15, 0.2) is 29.9 Å². The highest BCUT2D eigenvalue weighted by Gasteiger charge is 2.34. The standard InChI is InChI=1S/C27H21N7S2/c1-3-14-12-35-20-8-19-18(9-29-33-19)22(21(14)20)24-25-17(6-7-28-24)23-26(30-13(2)31-27(23)36-25)34-10-15-4-5-16(11-34)32-15/h1,6-9,12,15-16,32H,4-5,10-11H2,2H3,(H,29,33). The number of nitrogens with one attached hydrogen (secondary N) is 2. The smallest absolute Gasteiger partial charge is 0.141 e. The maximum absolute atomic E-state index is 5.93. The highest BCUT2D eigenvalue weighted by molar-refractivity contribution is 7.26. The number of hydrogen-bond acceptors (Lipinski definition) is 8. The number of piperazine rings is 1. The van der Waals surface area contributed by atoms with Crippen molar-refractivity contribution in [2.24, 2.45) is 0 Å². The Labute approximate surface area is 214 Å². The molecule has 0 spiro atoms. The SMILES string of the molecule is C#Cc1csc2cc3[nH]ncc3c(-c3nccc4c3sc3nc(C)nc(N5CC6CCC(C5)N6)c34)c12. The third-order valence-electron chi connectivity index (χ3n) is 7.53. The van der Waals surface area contributed by atoms with Gasteiger partial charge in [0.25, 0.3) is 0 Å². The molecule has 0 saturated carbocycles. The zero-order valence-corrected chi connectivity index (χ0v) is 21.1. The number of pyridine rings is 1. The van der Waals surface area contributed by atoms with Crippen LogP contribution < -0.4 is 10.2 Å². The minimum Gasteiger partial charge on any atom is -0.353 e. The van der Waals surface area contributed by atoms with Gasteiger partial charge in [-0.3, -0.25) is 10.1 Å². The average Bonchev–Trinajstić information content (AvgIpc) is 3.66. The van der Waals surface area contributed by atoms with E-state index in [9.17, 15) is 0 Å². The van der Waals surface area contributed by atoms with Crippen molar-refractivity contribution >= 4 is 69.8 Å². The lowest BCUT2D eigenvalue weighted by atomic mass is 9.98. The number of fused-ring (bicyclic) bond motifs is 7. The number of anilines is 1. The fourth-order valence-corrected chi connectivity index (χ4v) is 8.18. The second kappa shape index (κ2) is 7.46. The predicted octanol–water partition coefficient (Wildman–Crippen LogP) is 5.23. The van der Waals surface area contributed by atoms with E-state index in [1.165, 1.54) is 12.8 Å². The molecular weight excluding hydrogens is 486 g/mol. The molecule has 2 bridgehead atoms. The third kappa shape index (κ3) is 2.83. The van der Waals surface area contributed by atoms with Gasteiger partial charge in [0.15, 0.2) is 0 Å². The predicted molar refractivity (Wildman–Crippen MR) is 148 cm³/mol. The number of aryl methyl sites for hydroxylation is 1. The van der Waals surface area contributed by atoms with Crippen LogP contribution in [0.1, 0.15) is 24.2 Å². The Balaban J connectivity index is 1.45. The Morgan fingerprint density at radius 1 is 1.14 bits per heavy atom. The second-order valence-electron chi connectivity index (χ2n) is 9.71. The van der Waals surface area contributed by atoms with Crippen LogP contribution in [-0.2, 0) is 0 Å². The first kappa shape index (κ1) is 20.6. The summed E-state index contributed by atoms with van der Waals surface area (Å²) >= 11 is 3.35. The Hall–Kier alpha value is -3.58. The van der Waals surface area contributed by atoms with Crippen LogP contribution in [0.3, 0.4) is 0 Å². The Morgan fingerprint density at radius 3 is 2.83 bits per heavy atom. The van der Waals surface area contributed by atoms with Crippen molar-refractivity contribution in [2.45, 2.75) is 31.8 Å². The highest BCUT2D eigenvalue weighted by Crippen LogP contribution is 2.46. The van der Waals surface area contributed by atoms with Crippen LogP contribution in [0.2, 0.25) is 0 Å². The first-order valence-electron chi connectivity index (χ1n) is 12.1. The molecule has 2 aliphatic rings. The lowest BCUT2D eigenvalue weighted by molar-refractivity contribution is 0.464. The van der Waals surface area contributed by atoms with E-state index in [2.05, 4.69) is 43.8 Å². The molecule has 2 aliphatic heterocycles. The summed E-state index contributed by atoms with van der Waals surface area (Å²) in [4.78, 5) is 18.3. The largest absolute Gasteiger partial charge is 0.353 e. The maximum atomic E-state index is 5.93. The van der Waals surface area contributed by atoms with Gasteiger partial charge < -0.3 is 10.2 Å². The van der Waals surface area contributed by atoms with Crippen molar-refractivity contribution in [3.05, 3.63) is 41.3 Å². The van der Waals surface area contributed by atoms with Crippen LogP contribution in [0.4, 0.5) is 5.82 Å². The number of H-pyrrole nitrogens is 1. The molecule has 9 heteroatoms. The first-order chi connectivity index (χ1) is 17.7. The molecule has 7 heterocycles. The van der Waals surface area contributed by atoms with Gasteiger partial charge >= 0.3 is 0 Å². The first-order valence-corrected chi connectivity index (χ1v) is 13.8. The molecule has 0 amide bonds. The van der Waals surface area contributed by atoms with E-state index >= 15 is 0 Å². The maximum Gasteiger partial charge on any atom is 0.141 e. The van der Waals surface area contributed by atoms with Gasteiger partial charge in [-0.15, -0.1) is 29.1 Å². The van der Waals surface area contributed by atoms with Gasteiger partial charge in [-0.05, 0) is 31.9 Å². The molecule has 2 unspecified atom stereocenters. The van der Waals surface area contributed by atoms with Crippen molar-refractivity contribution in [3.63, 3.8) is 0 Å². The number of nitrogens with zero attached hydrogens (tertiary/aromatic N) is 5. The van der Waals surface area contributed by atoms with Crippen molar-refractivity contribution in [2.75, 3.05) is 18.0 Å². The van der Waals surface area contributed by atoms with Crippen molar-refractivity contribution < 1.29 is 0 Å². The van der Waals surface area contributed by atoms with Gasteiger partial charge in [0.2, 0.25) is 0 Å². The number of thiophene rings is 2. The van der Waals surface area contributed by atoms with Crippen LogP contribution in [0.5, 0.6) is 0 Å². The molecule has 5 aromatic heterocycles. The molecule has 8 rings (SSSR count). The highest BCUT2D eigenvalue weighted by atomic mass is 32.1. The van der Waals surface area contributed by atoms with E-state index in [1.807, 2.05) is 19.3 Å². The van der Waals surface area contributed by atoms with E-state index in [1.54, 1.807) is 22.7 Å². The summed E-state index contributed by atoms with van der Waals surface area (Å²) in [6.45, 7) is 3.95. The van der Waals surface area contributed by atoms with E-state index in [4.69, 9.17) is 21.4 Å². The van der Waals surface area contributed by atoms with Gasteiger partial charge in [0.05, 0.1) is 27.5 Å². The van der Waals surface area contributed by atoms with E-state index in [0.717, 1.165) is 82.8 Å². The lowest BCUT2D eigenvalue weighted by Gasteiger charge is -2.34. The zero-order valence-electron chi connectivity index (χ0n) is 19.5. The molecule has 1 aromatic carbocycles. The Kier molecular flexibility index (Phi) is 4.27. The molecule has 176 valence electrons. The molecular formula is C27H21N7S2. The topological polar surface area (TPSA) is 82.6 Å². The Bertz CT molecular complexity index is 1880. The van der Waals surface area contributed by atoms with Crippen molar-refractivity contribution in [1.29, 1.82) is 0 Å². The fourth-order valence-electron chi connectivity index (χ4n) is 6.02. The summed E-state index contributed by atoms with van der Waals surface area (Å²) in [6, 6.07) is 5.30. The number of benzene rings is 1. The van der Waals surface area contributed by atoms with Crippen molar-refractivity contribution in [3.8, 4) is 23.6 Å². The van der Waals surface area contributed by atoms with E-state index < -0.39 is 0 Å². The molecule has 7 nitrogen and oxygen atoms in total. The molecule has 2 N–H and O–H groups in total. The van der Waals surface area contributed by atoms with Gasteiger partial charge in [0, 0.05) is 68.7 Å². The van der Waals surface area contributed by atoms with Gasteiger partial charge in [-0.2, -0.15) is 5.10 Å².